The average Bonchev–Trinajstić information content (AvgIpc) is 3.54. The Morgan fingerprint density at radius 1 is 1.00 bits per heavy atom. The van der Waals surface area contributed by atoms with Crippen molar-refractivity contribution < 1.29 is 17.2 Å². The molecular formula is C30H27F2N7O2S. The van der Waals surface area contributed by atoms with Crippen LogP contribution in [0.1, 0.15) is 19.4 Å². The zero-order chi connectivity index (χ0) is 29.6. The number of sulfone groups is 1. The molecule has 0 bridgehead atoms. The number of aromatic nitrogens is 6. The maximum atomic E-state index is 15.2. The van der Waals surface area contributed by atoms with Crippen molar-refractivity contribution in [3.8, 4) is 33.8 Å². The fourth-order valence-corrected chi connectivity index (χ4v) is 5.56. The van der Waals surface area contributed by atoms with Crippen LogP contribution in [0, 0.1) is 11.6 Å². The predicted octanol–water partition coefficient (Wildman–Crippen LogP) is 5.92. The first kappa shape index (κ1) is 27.5. The molecule has 0 aliphatic heterocycles. The van der Waals surface area contributed by atoms with Gasteiger partial charge in [0, 0.05) is 59.0 Å². The SMILES string of the molecule is CC(C)Nc1cncc(-c2cc3c(-c4nc5nccc(-c6cc(F)cc(CCS(C)(=O)=O)c6)c5[nH]4)n[nH]c3cc2F)c1. The maximum absolute atomic E-state index is 15.2. The molecule has 3 N–H and O–H groups in total. The molecule has 4 heterocycles. The highest BCUT2D eigenvalue weighted by Gasteiger charge is 2.19. The van der Waals surface area contributed by atoms with E-state index < -0.39 is 21.5 Å². The second-order valence-corrected chi connectivity index (χ2v) is 12.8. The van der Waals surface area contributed by atoms with Gasteiger partial charge in [0.1, 0.15) is 27.2 Å². The van der Waals surface area contributed by atoms with E-state index in [1.807, 2.05) is 19.9 Å². The number of rotatable bonds is 8. The Balaban J connectivity index is 1.42. The molecule has 9 nitrogen and oxygen atoms in total. The molecular weight excluding hydrogens is 560 g/mol. The molecule has 0 spiro atoms. The predicted molar refractivity (Wildman–Crippen MR) is 160 cm³/mol. The molecule has 0 aliphatic rings. The molecule has 0 atom stereocenters. The zero-order valence-electron chi connectivity index (χ0n) is 23.0. The van der Waals surface area contributed by atoms with E-state index in [-0.39, 0.29) is 18.2 Å². The van der Waals surface area contributed by atoms with Gasteiger partial charge in [-0.05, 0) is 61.7 Å². The van der Waals surface area contributed by atoms with Gasteiger partial charge in [-0.1, -0.05) is 6.07 Å². The summed E-state index contributed by atoms with van der Waals surface area (Å²) in [5, 5.41) is 11.2. The maximum Gasteiger partial charge on any atom is 0.178 e. The average molecular weight is 588 g/mol. The third-order valence-corrected chi connectivity index (χ3v) is 7.75. The van der Waals surface area contributed by atoms with Crippen LogP contribution in [-0.2, 0) is 16.3 Å². The van der Waals surface area contributed by atoms with E-state index in [1.54, 1.807) is 36.8 Å². The number of benzene rings is 2. The Labute approximate surface area is 240 Å². The van der Waals surface area contributed by atoms with Crippen LogP contribution in [0.25, 0.3) is 55.8 Å². The van der Waals surface area contributed by atoms with Gasteiger partial charge >= 0.3 is 0 Å². The molecule has 214 valence electrons. The first-order valence-electron chi connectivity index (χ1n) is 13.3. The molecule has 0 saturated heterocycles. The fourth-order valence-electron chi connectivity index (χ4n) is 4.96. The molecule has 0 saturated carbocycles. The van der Waals surface area contributed by atoms with Crippen molar-refractivity contribution in [3.05, 3.63) is 78.3 Å². The van der Waals surface area contributed by atoms with Crippen molar-refractivity contribution in [2.75, 3.05) is 17.3 Å². The van der Waals surface area contributed by atoms with Crippen LogP contribution in [0.15, 0.2) is 61.1 Å². The second-order valence-electron chi connectivity index (χ2n) is 10.6. The summed E-state index contributed by atoms with van der Waals surface area (Å²) in [6.07, 6.45) is 6.21. The van der Waals surface area contributed by atoms with Gasteiger partial charge < -0.3 is 10.3 Å². The third-order valence-electron chi connectivity index (χ3n) is 6.80. The van der Waals surface area contributed by atoms with Gasteiger partial charge in [0.25, 0.3) is 0 Å². The molecule has 0 fully saturated rings. The van der Waals surface area contributed by atoms with Gasteiger partial charge in [-0.25, -0.2) is 27.2 Å². The largest absolute Gasteiger partial charge is 0.382 e. The van der Waals surface area contributed by atoms with Crippen LogP contribution >= 0.6 is 0 Å². The number of pyridine rings is 2. The van der Waals surface area contributed by atoms with Crippen molar-refractivity contribution in [2.24, 2.45) is 0 Å². The van der Waals surface area contributed by atoms with Crippen molar-refractivity contribution in [2.45, 2.75) is 26.3 Å². The topological polar surface area (TPSA) is 129 Å². The van der Waals surface area contributed by atoms with Crippen LogP contribution in [0.4, 0.5) is 14.5 Å². The van der Waals surface area contributed by atoms with E-state index in [2.05, 4.69) is 35.5 Å². The van der Waals surface area contributed by atoms with Gasteiger partial charge in [-0.15, -0.1) is 0 Å². The van der Waals surface area contributed by atoms with E-state index in [0.29, 0.717) is 61.4 Å². The fraction of sp³-hybridized carbons (Fsp3) is 0.200. The lowest BCUT2D eigenvalue weighted by molar-refractivity contribution is 0.600. The minimum atomic E-state index is -3.21. The summed E-state index contributed by atoms with van der Waals surface area (Å²) in [5.74, 6) is -0.585. The van der Waals surface area contributed by atoms with Crippen LogP contribution in [0.5, 0.6) is 0 Å². The van der Waals surface area contributed by atoms with Crippen LogP contribution in [-0.4, -0.2) is 56.6 Å². The summed E-state index contributed by atoms with van der Waals surface area (Å²) < 4.78 is 53.1. The number of hydrogen-bond acceptors (Lipinski definition) is 7. The molecule has 2 aromatic carbocycles. The van der Waals surface area contributed by atoms with E-state index in [1.165, 1.54) is 18.2 Å². The Bertz CT molecular complexity index is 2070. The molecule has 6 rings (SSSR count). The zero-order valence-corrected chi connectivity index (χ0v) is 23.9. The highest BCUT2D eigenvalue weighted by atomic mass is 32.2. The van der Waals surface area contributed by atoms with Crippen molar-refractivity contribution in [3.63, 3.8) is 0 Å². The van der Waals surface area contributed by atoms with E-state index in [9.17, 15) is 12.8 Å². The summed E-state index contributed by atoms with van der Waals surface area (Å²) in [7, 11) is -3.21. The number of nitrogens with one attached hydrogen (secondary N) is 3. The number of hydrogen-bond donors (Lipinski definition) is 3. The first-order valence-corrected chi connectivity index (χ1v) is 15.3. The number of halogens is 2. The quantitative estimate of drug-likeness (QED) is 0.202. The standard InChI is InChI=1S/C30H27F2N7O2S/c1-16(2)35-21-11-19(14-33-15-21)23-12-24-26(13-25(23)32)38-39-28(24)30-36-27-22(4-6-34-29(27)37-30)18-8-17(9-20(31)10-18)5-7-42(3,40)41/h4,6,8-16,35H,5,7H2,1-3H3,(H,38,39)(H,34,36,37). The third kappa shape index (κ3) is 5.57. The van der Waals surface area contributed by atoms with Crippen LogP contribution in [0.3, 0.4) is 0 Å². The lowest BCUT2D eigenvalue weighted by Gasteiger charge is -2.11. The highest BCUT2D eigenvalue weighted by molar-refractivity contribution is 7.90. The van der Waals surface area contributed by atoms with E-state index in [0.717, 1.165) is 11.9 Å². The number of aromatic amines is 2. The number of imidazole rings is 1. The van der Waals surface area contributed by atoms with Crippen molar-refractivity contribution >= 4 is 37.6 Å². The molecule has 6 aromatic rings. The molecule has 12 heteroatoms. The summed E-state index contributed by atoms with van der Waals surface area (Å²) in [5.41, 5.74) is 5.42. The van der Waals surface area contributed by atoms with E-state index >= 15 is 4.39 Å². The minimum absolute atomic E-state index is 0.0841. The molecule has 0 aliphatic carbocycles. The van der Waals surface area contributed by atoms with Crippen molar-refractivity contribution in [1.29, 1.82) is 0 Å². The van der Waals surface area contributed by atoms with Gasteiger partial charge in [-0.3, -0.25) is 10.1 Å². The number of anilines is 1. The smallest absolute Gasteiger partial charge is 0.178 e. The summed E-state index contributed by atoms with van der Waals surface area (Å²) in [4.78, 5) is 16.6. The van der Waals surface area contributed by atoms with Gasteiger partial charge in [0.2, 0.25) is 0 Å². The Morgan fingerprint density at radius 3 is 2.62 bits per heavy atom. The molecule has 0 amide bonds. The number of fused-ring (bicyclic) bond motifs is 2. The molecule has 0 unspecified atom stereocenters. The van der Waals surface area contributed by atoms with E-state index in [4.69, 9.17) is 0 Å². The lowest BCUT2D eigenvalue weighted by atomic mass is 10.0. The Kier molecular flexibility index (Phi) is 6.93. The molecule has 42 heavy (non-hydrogen) atoms. The number of aryl methyl sites for hydroxylation is 1. The van der Waals surface area contributed by atoms with Gasteiger partial charge in [0.05, 0.1) is 22.5 Å². The molecule has 4 aromatic heterocycles. The van der Waals surface area contributed by atoms with Crippen LogP contribution < -0.4 is 5.32 Å². The lowest BCUT2D eigenvalue weighted by Crippen LogP contribution is -2.09. The number of H-pyrrole nitrogens is 2. The summed E-state index contributed by atoms with van der Waals surface area (Å²) in [6, 6.07) is 11.4. The highest BCUT2D eigenvalue weighted by Crippen LogP contribution is 2.34. The monoisotopic (exact) mass is 587 g/mol. The number of nitrogens with zero attached hydrogens (tertiary/aromatic N) is 4. The molecule has 0 radical (unpaired) electrons. The minimum Gasteiger partial charge on any atom is -0.382 e. The second kappa shape index (κ2) is 10.6. The van der Waals surface area contributed by atoms with Crippen molar-refractivity contribution in [1.82, 2.24) is 30.1 Å². The Hall–Kier alpha value is -4.71. The summed E-state index contributed by atoms with van der Waals surface area (Å²) in [6.45, 7) is 4.02. The van der Waals surface area contributed by atoms with Gasteiger partial charge in [0.15, 0.2) is 11.5 Å². The van der Waals surface area contributed by atoms with Crippen LogP contribution in [0.2, 0.25) is 0 Å². The first-order chi connectivity index (χ1) is 20.0. The normalized spacial score (nSPS) is 12.0. The van der Waals surface area contributed by atoms with Gasteiger partial charge in [-0.2, -0.15) is 5.10 Å². The summed E-state index contributed by atoms with van der Waals surface area (Å²) >= 11 is 0. The Morgan fingerprint density at radius 2 is 1.83 bits per heavy atom.